The van der Waals surface area contributed by atoms with Crippen LogP contribution in [0.1, 0.15) is 12.3 Å². The molecule has 0 saturated carbocycles. The van der Waals surface area contributed by atoms with Crippen LogP contribution in [0.5, 0.6) is 0 Å². The molecule has 1 aromatic heterocycles. The Kier molecular flexibility index (Phi) is 3.67. The van der Waals surface area contributed by atoms with E-state index in [2.05, 4.69) is 18.2 Å². The van der Waals surface area contributed by atoms with Crippen LogP contribution < -0.4 is 0 Å². The molecule has 1 nitrogen and oxygen atoms in total. The number of rotatable bonds is 3. The van der Waals surface area contributed by atoms with Gasteiger partial charge in [0.2, 0.25) is 0 Å². The van der Waals surface area contributed by atoms with Crippen LogP contribution in [0, 0.1) is 0 Å². The van der Waals surface area contributed by atoms with Gasteiger partial charge in [-0.1, -0.05) is 151 Å². The summed E-state index contributed by atoms with van der Waals surface area (Å²) < 4.78 is 85.2. The van der Waals surface area contributed by atoms with Crippen molar-refractivity contribution in [1.82, 2.24) is 0 Å². The van der Waals surface area contributed by atoms with Crippen LogP contribution in [0.25, 0.3) is 87.6 Å². The second-order valence-corrected chi connectivity index (χ2v) is 10.5. The SMILES string of the molecule is [2H]c1c([2H])c([2H])c(-c2c([2H])c([2H])c([2H])c([2H])c2-c2c3ccccc3c(-c3cccc4c3oc3c5ccccc5ccc43)c3ccccc23)c([2H])c1[2H]. The minimum absolute atomic E-state index is 0.0527. The first-order valence-corrected chi connectivity index (χ1v) is 14.0. The Morgan fingerprint density at radius 3 is 1.60 bits per heavy atom. The lowest BCUT2D eigenvalue weighted by molar-refractivity contribution is 0.674. The Morgan fingerprint density at radius 1 is 0.372 bits per heavy atom. The smallest absolute Gasteiger partial charge is 0.143 e. The van der Waals surface area contributed by atoms with Crippen LogP contribution in [0.15, 0.2) is 162 Å². The Bertz CT molecular complexity index is 2930. The lowest BCUT2D eigenvalue weighted by Crippen LogP contribution is -1.92. The summed E-state index contributed by atoms with van der Waals surface area (Å²) in [6.45, 7) is 0. The van der Waals surface area contributed by atoms with Crippen molar-refractivity contribution < 1.29 is 16.8 Å². The molecule has 0 spiro atoms. The van der Waals surface area contributed by atoms with Crippen LogP contribution in [-0.4, -0.2) is 0 Å². The average molecular weight is 556 g/mol. The molecule has 0 aliphatic carbocycles. The van der Waals surface area contributed by atoms with Crippen LogP contribution >= 0.6 is 0 Å². The fraction of sp³-hybridized carbons (Fsp3) is 0. The molecule has 0 radical (unpaired) electrons. The van der Waals surface area contributed by atoms with E-state index in [-0.39, 0.29) is 22.7 Å². The van der Waals surface area contributed by atoms with Crippen LogP contribution in [0.3, 0.4) is 0 Å². The third-order valence-corrected chi connectivity index (χ3v) is 8.28. The molecular formula is C42H26O. The molecule has 1 heteroatoms. The summed E-state index contributed by atoms with van der Waals surface area (Å²) in [5, 5.41) is 6.91. The fourth-order valence-electron chi connectivity index (χ4n) is 6.47. The molecule has 0 bridgehead atoms. The molecule has 0 aliphatic heterocycles. The van der Waals surface area contributed by atoms with Crippen LogP contribution in [0.4, 0.5) is 0 Å². The zero-order valence-corrected chi connectivity index (χ0v) is 22.7. The Balaban J connectivity index is 1.46. The number of benzene rings is 8. The highest BCUT2D eigenvalue weighted by molar-refractivity contribution is 6.25. The summed E-state index contributed by atoms with van der Waals surface area (Å²) in [5.74, 6) is 0. The standard InChI is InChI=1S/C42H26O/c1-2-13-27(14-3-1)29-16-6-7-18-31(29)39-32-19-8-10-21-34(32)40(35-22-11-9-20-33(35)39)38-24-12-23-36-37-26-25-28-15-4-5-17-30(28)41(37)43-42(36)38/h1-26H/i1D,2D,3D,6D,7D,13D,14D,16D,18D. The predicted molar refractivity (Wildman–Crippen MR) is 183 cm³/mol. The number of furan rings is 1. The van der Waals surface area contributed by atoms with Gasteiger partial charge in [0, 0.05) is 27.3 Å². The second-order valence-electron chi connectivity index (χ2n) is 10.5. The third-order valence-electron chi connectivity index (χ3n) is 8.28. The Morgan fingerprint density at radius 2 is 0.907 bits per heavy atom. The maximum Gasteiger partial charge on any atom is 0.143 e. The normalized spacial score (nSPS) is 14.7. The molecule has 0 saturated heterocycles. The maximum atomic E-state index is 9.30. The van der Waals surface area contributed by atoms with Crippen molar-refractivity contribution in [1.29, 1.82) is 0 Å². The predicted octanol–water partition coefficient (Wildman–Crippen LogP) is 12.0. The van der Waals surface area contributed by atoms with Gasteiger partial charge in [-0.05, 0) is 55.3 Å². The molecule has 0 fully saturated rings. The van der Waals surface area contributed by atoms with Crippen LogP contribution in [-0.2, 0) is 0 Å². The highest BCUT2D eigenvalue weighted by Gasteiger charge is 2.21. The summed E-state index contributed by atoms with van der Waals surface area (Å²) in [7, 11) is 0. The molecule has 43 heavy (non-hydrogen) atoms. The molecule has 1 heterocycles. The molecule has 9 rings (SSSR count). The van der Waals surface area contributed by atoms with Crippen molar-refractivity contribution in [2.24, 2.45) is 0 Å². The van der Waals surface area contributed by atoms with E-state index in [1.807, 2.05) is 84.9 Å². The van der Waals surface area contributed by atoms with Gasteiger partial charge in [0.1, 0.15) is 11.2 Å². The lowest BCUT2D eigenvalue weighted by atomic mass is 9.83. The largest absolute Gasteiger partial charge is 0.455 e. The van der Waals surface area contributed by atoms with Crippen molar-refractivity contribution in [3.63, 3.8) is 0 Å². The molecule has 200 valence electrons. The van der Waals surface area contributed by atoms with E-state index in [9.17, 15) is 1.37 Å². The highest BCUT2D eigenvalue weighted by atomic mass is 16.3. The number of hydrogen-bond donors (Lipinski definition) is 0. The summed E-state index contributed by atoms with van der Waals surface area (Å²) in [4.78, 5) is 0. The second kappa shape index (κ2) is 9.44. The summed E-state index contributed by atoms with van der Waals surface area (Å²) in [6.07, 6.45) is 0. The van der Waals surface area contributed by atoms with Crippen molar-refractivity contribution in [2.75, 3.05) is 0 Å². The zero-order valence-electron chi connectivity index (χ0n) is 31.7. The van der Waals surface area contributed by atoms with Crippen molar-refractivity contribution in [2.45, 2.75) is 0 Å². The molecule has 0 atom stereocenters. The summed E-state index contributed by atoms with van der Waals surface area (Å²) in [5.41, 5.74) is 3.28. The highest BCUT2D eigenvalue weighted by Crippen LogP contribution is 2.48. The van der Waals surface area contributed by atoms with E-state index in [1.54, 1.807) is 0 Å². The van der Waals surface area contributed by atoms with Gasteiger partial charge in [0.15, 0.2) is 0 Å². The summed E-state index contributed by atoms with van der Waals surface area (Å²) in [6, 6.07) is 28.8. The summed E-state index contributed by atoms with van der Waals surface area (Å²) >= 11 is 0. The van der Waals surface area contributed by atoms with E-state index >= 15 is 0 Å². The number of hydrogen-bond acceptors (Lipinski definition) is 1. The van der Waals surface area contributed by atoms with Gasteiger partial charge in [-0.15, -0.1) is 0 Å². The van der Waals surface area contributed by atoms with Gasteiger partial charge in [-0.3, -0.25) is 0 Å². The first-order chi connectivity index (χ1) is 25.1. The molecule has 9 aromatic rings. The van der Waals surface area contributed by atoms with Crippen molar-refractivity contribution in [3.05, 3.63) is 158 Å². The van der Waals surface area contributed by atoms with Gasteiger partial charge in [-0.2, -0.15) is 0 Å². The first-order valence-electron chi connectivity index (χ1n) is 18.5. The molecule has 0 aliphatic rings. The quantitative estimate of drug-likeness (QED) is 0.198. The van der Waals surface area contributed by atoms with E-state index in [0.29, 0.717) is 21.9 Å². The monoisotopic (exact) mass is 555 g/mol. The minimum Gasteiger partial charge on any atom is -0.455 e. The van der Waals surface area contributed by atoms with Crippen LogP contribution in [0.2, 0.25) is 0 Å². The molecular weight excluding hydrogens is 520 g/mol. The topological polar surface area (TPSA) is 13.1 Å². The minimum atomic E-state index is -0.592. The fourth-order valence-corrected chi connectivity index (χ4v) is 6.47. The maximum absolute atomic E-state index is 9.30. The van der Waals surface area contributed by atoms with Gasteiger partial charge < -0.3 is 4.42 Å². The Hall–Kier alpha value is -5.66. The molecule has 0 unspecified atom stereocenters. The van der Waals surface area contributed by atoms with Gasteiger partial charge in [0.05, 0.1) is 12.3 Å². The van der Waals surface area contributed by atoms with E-state index < -0.39 is 48.3 Å². The number of fused-ring (bicyclic) bond motifs is 7. The van der Waals surface area contributed by atoms with Gasteiger partial charge in [0.25, 0.3) is 0 Å². The van der Waals surface area contributed by atoms with Crippen molar-refractivity contribution in [3.8, 4) is 33.4 Å². The lowest BCUT2D eigenvalue weighted by Gasteiger charge is -2.19. The first kappa shape index (κ1) is 16.7. The Labute approximate surface area is 261 Å². The number of para-hydroxylation sites is 1. The molecule has 8 aromatic carbocycles. The van der Waals surface area contributed by atoms with E-state index in [1.165, 1.54) is 0 Å². The third kappa shape index (κ3) is 3.58. The molecule has 0 amide bonds. The van der Waals surface area contributed by atoms with Crippen molar-refractivity contribution >= 4 is 54.3 Å². The zero-order chi connectivity index (χ0) is 36.2. The van der Waals surface area contributed by atoms with E-state index in [0.717, 1.165) is 49.0 Å². The molecule has 0 N–H and O–H groups in total. The average Bonchev–Trinajstić information content (AvgIpc) is 3.57. The van der Waals surface area contributed by atoms with E-state index in [4.69, 9.17) is 15.4 Å². The van der Waals surface area contributed by atoms with Gasteiger partial charge >= 0.3 is 0 Å². The van der Waals surface area contributed by atoms with Gasteiger partial charge in [-0.25, -0.2) is 0 Å².